The lowest BCUT2D eigenvalue weighted by Gasteiger charge is -2.14. The zero-order valence-corrected chi connectivity index (χ0v) is 33.4. The lowest BCUT2D eigenvalue weighted by atomic mass is 10.1. The number of aromatic nitrogens is 8. The van der Waals surface area contributed by atoms with Gasteiger partial charge in [-0.2, -0.15) is 23.4 Å². The number of aliphatic hydroxyl groups is 3. The van der Waals surface area contributed by atoms with Crippen LogP contribution < -0.4 is 33.7 Å². The van der Waals surface area contributed by atoms with E-state index in [1.807, 2.05) is 10.6 Å². The van der Waals surface area contributed by atoms with Crippen molar-refractivity contribution in [1.29, 1.82) is 0 Å². The SMILES string of the molecule is Cc1cn([C@H]2C[C@H](N=[N+]=[N-])[C@@H](CO)O2)c(=O)[nH]c1=O.Nc1ccn([C@@H]2CS[C@H](CO)O2)c(=O)n1.Nc1nc(NC2CC2)c2ncn([C@H]3C=C[C@H](CO)C3)c2n1.O=S(=O)(O)O. The molecule has 0 unspecified atom stereocenters. The Morgan fingerprint density at radius 2 is 1.75 bits per heavy atom. The zero-order chi connectivity index (χ0) is 43.7. The van der Waals surface area contributed by atoms with E-state index in [2.05, 4.69) is 46.3 Å². The first-order valence-corrected chi connectivity index (χ1v) is 20.6. The first-order valence-electron chi connectivity index (χ1n) is 18.1. The van der Waals surface area contributed by atoms with Gasteiger partial charge in [-0.25, -0.2) is 14.6 Å². The van der Waals surface area contributed by atoms with Crippen LogP contribution in [0.4, 0.5) is 17.6 Å². The van der Waals surface area contributed by atoms with Gasteiger partial charge in [0.05, 0.1) is 37.7 Å². The van der Waals surface area contributed by atoms with Gasteiger partial charge >= 0.3 is 21.8 Å². The Bertz CT molecular complexity index is 2480. The van der Waals surface area contributed by atoms with Gasteiger partial charge in [-0.1, -0.05) is 17.3 Å². The monoisotopic (exact) mass is 880 g/mol. The summed E-state index contributed by atoms with van der Waals surface area (Å²) in [6, 6.07) is 1.65. The number of ether oxygens (including phenoxy) is 2. The number of allylic oxidation sites excluding steroid dienone is 1. The molecule has 0 spiro atoms. The maximum atomic E-state index is 11.7. The lowest BCUT2D eigenvalue weighted by molar-refractivity contribution is -0.0271. The molecule has 7 atom stereocenters. The summed E-state index contributed by atoms with van der Waals surface area (Å²) in [5, 5.41) is 34.2. The molecule has 26 nitrogen and oxygen atoms in total. The minimum Gasteiger partial charge on any atom is -0.396 e. The predicted octanol–water partition coefficient (Wildman–Crippen LogP) is -0.351. The van der Waals surface area contributed by atoms with Crippen LogP contribution in [-0.2, 0) is 19.9 Å². The van der Waals surface area contributed by atoms with E-state index >= 15 is 0 Å². The van der Waals surface area contributed by atoms with Crippen molar-refractivity contribution in [3.8, 4) is 0 Å². The largest absolute Gasteiger partial charge is 0.396 e. The van der Waals surface area contributed by atoms with E-state index < -0.39 is 45.7 Å². The number of anilines is 3. The van der Waals surface area contributed by atoms with Crippen molar-refractivity contribution in [2.45, 2.75) is 74.7 Å². The fourth-order valence-electron chi connectivity index (χ4n) is 6.16. The number of nitrogens with one attached hydrogen (secondary N) is 2. The highest BCUT2D eigenvalue weighted by Crippen LogP contribution is 2.33. The van der Waals surface area contributed by atoms with Gasteiger partial charge in [-0.05, 0) is 37.8 Å². The number of nitrogens with zero attached hydrogens (tertiary/aromatic N) is 10. The van der Waals surface area contributed by atoms with Gasteiger partial charge in [-0.15, -0.1) is 11.8 Å². The van der Waals surface area contributed by atoms with E-state index in [4.69, 9.17) is 54.2 Å². The number of hydrogen-bond acceptors (Lipinski definition) is 19. The number of H-pyrrole nitrogens is 1. The van der Waals surface area contributed by atoms with Crippen molar-refractivity contribution < 1.29 is 42.3 Å². The van der Waals surface area contributed by atoms with Crippen molar-refractivity contribution in [3.05, 3.63) is 84.3 Å². The predicted molar refractivity (Wildman–Crippen MR) is 215 cm³/mol. The number of imidazole rings is 1. The molecule has 0 bridgehead atoms. The Morgan fingerprint density at radius 1 is 1.02 bits per heavy atom. The lowest BCUT2D eigenvalue weighted by Crippen LogP contribution is -2.33. The standard InChI is InChI=1S/C14H18N6O.C10H13N5O4.C8H11N3O3S.H2O4S/c15-14-18-12(17-9-2-3-9)11-13(19-14)20(7-16-11)10-4-1-8(5-10)6-21;1-5-3-15(10(18)12-9(5)17)8-2-6(13-14-11)7(4-16)19-8;9-5-1-2-11(8(13)10-5)6-4-15-7(3-12)14-6;1-5(2,3)4/h1,4,7-10,21H,2-3,5-6H2,(H3,15,17,18,19);3,6-8,16H,2,4H2,1H3,(H,12,17,18);1-2,6-7,12H,3-4H2,(H2,9,10,13);(H2,1,2,3,4)/t8-,10-;6-,7+,8+;6-,7+;/m000./s1. The summed E-state index contributed by atoms with van der Waals surface area (Å²) in [7, 11) is -4.67. The Morgan fingerprint density at radius 3 is 2.35 bits per heavy atom. The van der Waals surface area contributed by atoms with Crippen LogP contribution in [0.1, 0.15) is 49.7 Å². The maximum Gasteiger partial charge on any atom is 0.394 e. The van der Waals surface area contributed by atoms with Crippen molar-refractivity contribution in [2.75, 3.05) is 42.4 Å². The van der Waals surface area contributed by atoms with Crippen molar-refractivity contribution in [2.24, 2.45) is 11.0 Å². The minimum absolute atomic E-state index is 0.0572. The second-order valence-electron chi connectivity index (χ2n) is 13.6. The van der Waals surface area contributed by atoms with E-state index in [0.29, 0.717) is 17.4 Å². The Hall–Kier alpha value is -5.42. The summed E-state index contributed by atoms with van der Waals surface area (Å²) in [6.07, 6.45) is 10.6. The summed E-state index contributed by atoms with van der Waals surface area (Å²) in [6.45, 7) is 1.37. The van der Waals surface area contributed by atoms with Gasteiger partial charge in [-0.3, -0.25) is 28.0 Å². The molecule has 60 heavy (non-hydrogen) atoms. The smallest absolute Gasteiger partial charge is 0.394 e. The van der Waals surface area contributed by atoms with E-state index in [-0.39, 0.29) is 61.6 Å². The quantitative estimate of drug-likeness (QED) is 0.0341. The third-order valence-corrected chi connectivity index (χ3v) is 10.3. The van der Waals surface area contributed by atoms with E-state index in [9.17, 15) is 19.5 Å². The number of azide groups is 1. The van der Waals surface area contributed by atoms with E-state index in [1.165, 1.54) is 27.1 Å². The molecule has 0 radical (unpaired) electrons. The molecule has 2 aliphatic heterocycles. The second-order valence-corrected chi connectivity index (χ2v) is 15.7. The third kappa shape index (κ3) is 12.3. The van der Waals surface area contributed by atoms with Crippen LogP contribution in [0.2, 0.25) is 0 Å². The molecule has 0 amide bonds. The summed E-state index contributed by atoms with van der Waals surface area (Å²) in [5.41, 5.74) is 19.8. The number of thioether (sulfide) groups is 1. The summed E-state index contributed by atoms with van der Waals surface area (Å²) in [4.78, 5) is 56.0. The van der Waals surface area contributed by atoms with Crippen LogP contribution >= 0.6 is 11.8 Å². The van der Waals surface area contributed by atoms with E-state index in [0.717, 1.165) is 36.2 Å². The number of aromatic amines is 1. The number of fused-ring (bicyclic) bond motifs is 1. The Labute approximate surface area is 343 Å². The molecule has 326 valence electrons. The van der Waals surface area contributed by atoms with Crippen LogP contribution in [0.3, 0.4) is 0 Å². The summed E-state index contributed by atoms with van der Waals surface area (Å²) < 4.78 is 47.1. The fourth-order valence-corrected chi connectivity index (χ4v) is 7.09. The van der Waals surface area contributed by atoms with Crippen LogP contribution in [0.15, 0.2) is 56.4 Å². The highest BCUT2D eigenvalue weighted by Gasteiger charge is 2.36. The van der Waals surface area contributed by atoms with E-state index in [1.54, 1.807) is 25.5 Å². The van der Waals surface area contributed by atoms with Crippen LogP contribution in [0, 0.1) is 12.8 Å². The summed E-state index contributed by atoms with van der Waals surface area (Å²) in [5.74, 6) is 2.00. The first-order chi connectivity index (χ1) is 28.5. The van der Waals surface area contributed by atoms with Crippen molar-refractivity contribution >= 4 is 50.9 Å². The molecule has 8 rings (SSSR count). The molecule has 4 aromatic heterocycles. The Kier molecular flexibility index (Phi) is 15.4. The molecule has 1 saturated carbocycles. The highest BCUT2D eigenvalue weighted by molar-refractivity contribution is 8.00. The van der Waals surface area contributed by atoms with Crippen molar-refractivity contribution in [1.82, 2.24) is 38.6 Å². The van der Waals surface area contributed by atoms with Crippen LogP contribution in [-0.4, -0.2) is 121 Å². The van der Waals surface area contributed by atoms with Gasteiger partial charge < -0.3 is 46.1 Å². The molecule has 4 aliphatic rings. The first kappa shape index (κ1) is 45.7. The third-order valence-electron chi connectivity index (χ3n) is 9.18. The number of hydrogen-bond donors (Lipinski definition) is 9. The minimum atomic E-state index is -4.67. The highest BCUT2D eigenvalue weighted by atomic mass is 32.3. The average molecular weight is 881 g/mol. The average Bonchev–Trinajstić information content (AvgIpc) is 3.59. The molecule has 11 N–H and O–H groups in total. The maximum absolute atomic E-state index is 11.7. The van der Waals surface area contributed by atoms with Crippen molar-refractivity contribution in [3.63, 3.8) is 0 Å². The van der Waals surface area contributed by atoms with Gasteiger partial charge in [0.1, 0.15) is 23.7 Å². The molecule has 4 aromatic rings. The number of nitrogens with two attached hydrogens (primary N) is 2. The zero-order valence-electron chi connectivity index (χ0n) is 31.8. The van der Waals surface area contributed by atoms with Gasteiger partial charge in [0.25, 0.3) is 5.56 Å². The molecule has 2 aliphatic carbocycles. The van der Waals surface area contributed by atoms with Crippen LogP contribution in [0.25, 0.3) is 21.6 Å². The summed E-state index contributed by atoms with van der Waals surface area (Å²) >= 11 is 1.47. The normalized spacial score (nSPS) is 24.3. The molecular formula is C32H44N14O12S2. The van der Waals surface area contributed by atoms with Gasteiger partial charge in [0, 0.05) is 53.6 Å². The number of rotatable bonds is 9. The van der Waals surface area contributed by atoms with Crippen LogP contribution in [0.5, 0.6) is 0 Å². The molecule has 2 saturated heterocycles. The number of aryl methyl sites for hydroxylation is 1. The molecule has 3 fully saturated rings. The van der Waals surface area contributed by atoms with Gasteiger partial charge in [0.2, 0.25) is 5.95 Å². The molecule has 6 heterocycles. The van der Waals surface area contributed by atoms with Gasteiger partial charge in [0.15, 0.2) is 17.0 Å². The second kappa shape index (κ2) is 20.2. The number of aliphatic hydroxyl groups excluding tert-OH is 3. The number of nitrogen functional groups attached to an aromatic ring is 2. The Balaban J connectivity index is 0.000000163. The molecule has 28 heteroatoms. The molecule has 0 aromatic carbocycles. The fraction of sp³-hybridized carbons (Fsp3) is 0.531. The topological polar surface area (TPSA) is 400 Å². The molecular weight excluding hydrogens is 837 g/mol.